The molecule has 0 amide bonds. The second-order valence-corrected chi connectivity index (χ2v) is 7.74. The predicted molar refractivity (Wildman–Crippen MR) is 125 cm³/mol. The van der Waals surface area contributed by atoms with Crippen LogP contribution in [0, 0.1) is 13.8 Å². The monoisotopic (exact) mass is 428 g/mol. The van der Waals surface area contributed by atoms with Crippen LogP contribution in [-0.4, -0.2) is 18.1 Å². The predicted octanol–water partition coefficient (Wildman–Crippen LogP) is 5.43. The van der Waals surface area contributed by atoms with Crippen molar-refractivity contribution in [3.63, 3.8) is 0 Å². The maximum atomic E-state index is 13.2. The van der Waals surface area contributed by atoms with Crippen LogP contribution < -0.4 is 10.7 Å². The third-order valence-corrected chi connectivity index (χ3v) is 5.45. The SMILES string of the molecule is COC(=O)c1ncccc1N[C@H](C)c1cc(C)cc2c(=O)c(C)c(-c3ccccc3)oc12. The minimum Gasteiger partial charge on any atom is -0.464 e. The summed E-state index contributed by atoms with van der Waals surface area (Å²) < 4.78 is 11.2. The van der Waals surface area contributed by atoms with Crippen molar-refractivity contribution in [3.05, 3.63) is 93.4 Å². The molecule has 4 rings (SSSR count). The minimum atomic E-state index is -0.525. The number of hydrogen-bond donors (Lipinski definition) is 1. The fourth-order valence-electron chi connectivity index (χ4n) is 3.85. The highest BCUT2D eigenvalue weighted by Crippen LogP contribution is 2.32. The quantitative estimate of drug-likeness (QED) is 0.427. The van der Waals surface area contributed by atoms with Gasteiger partial charge in [0.1, 0.15) is 11.3 Å². The van der Waals surface area contributed by atoms with Gasteiger partial charge in [0.05, 0.1) is 24.2 Å². The fraction of sp³-hybridized carbons (Fsp3) is 0.192. The van der Waals surface area contributed by atoms with Crippen molar-refractivity contribution >= 4 is 22.6 Å². The Morgan fingerprint density at radius 1 is 1.09 bits per heavy atom. The number of esters is 1. The number of nitrogens with one attached hydrogen (secondary N) is 1. The number of aromatic nitrogens is 1. The Kier molecular flexibility index (Phi) is 5.77. The lowest BCUT2D eigenvalue weighted by Gasteiger charge is -2.19. The molecule has 0 saturated heterocycles. The van der Waals surface area contributed by atoms with Gasteiger partial charge in [-0.1, -0.05) is 36.4 Å². The van der Waals surface area contributed by atoms with Crippen molar-refractivity contribution in [1.82, 2.24) is 4.98 Å². The highest BCUT2D eigenvalue weighted by atomic mass is 16.5. The summed E-state index contributed by atoms with van der Waals surface area (Å²) in [5, 5.41) is 3.86. The van der Waals surface area contributed by atoms with Crippen LogP contribution in [0.25, 0.3) is 22.3 Å². The third-order valence-electron chi connectivity index (χ3n) is 5.45. The number of benzene rings is 2. The smallest absolute Gasteiger partial charge is 0.358 e. The number of ether oxygens (including phenoxy) is 1. The lowest BCUT2D eigenvalue weighted by molar-refractivity contribution is 0.0595. The molecule has 6 nitrogen and oxygen atoms in total. The second kappa shape index (κ2) is 8.67. The zero-order chi connectivity index (χ0) is 22.8. The van der Waals surface area contributed by atoms with E-state index in [1.807, 2.05) is 56.3 Å². The van der Waals surface area contributed by atoms with Crippen molar-refractivity contribution in [2.45, 2.75) is 26.8 Å². The Morgan fingerprint density at radius 2 is 1.84 bits per heavy atom. The van der Waals surface area contributed by atoms with Crippen molar-refractivity contribution < 1.29 is 13.9 Å². The summed E-state index contributed by atoms with van der Waals surface area (Å²) in [6, 6.07) is 16.7. The number of nitrogens with zero attached hydrogens (tertiary/aromatic N) is 1. The van der Waals surface area contributed by atoms with Crippen LogP contribution >= 0.6 is 0 Å². The normalized spacial score (nSPS) is 11.9. The van der Waals surface area contributed by atoms with E-state index >= 15 is 0 Å². The van der Waals surface area contributed by atoms with Gasteiger partial charge in [0.15, 0.2) is 11.1 Å². The molecule has 0 saturated carbocycles. The third kappa shape index (κ3) is 3.87. The highest BCUT2D eigenvalue weighted by molar-refractivity contribution is 5.93. The van der Waals surface area contributed by atoms with Gasteiger partial charge in [0, 0.05) is 22.9 Å². The first-order valence-corrected chi connectivity index (χ1v) is 10.3. The summed E-state index contributed by atoms with van der Waals surface area (Å²) in [7, 11) is 1.32. The summed E-state index contributed by atoms with van der Waals surface area (Å²) in [5.74, 6) is 0.0277. The average Bonchev–Trinajstić information content (AvgIpc) is 2.81. The molecule has 0 radical (unpaired) electrons. The van der Waals surface area contributed by atoms with Gasteiger partial charge in [0.2, 0.25) is 0 Å². The van der Waals surface area contributed by atoms with Crippen LogP contribution in [0.15, 0.2) is 70.0 Å². The van der Waals surface area contributed by atoms with E-state index in [2.05, 4.69) is 10.3 Å². The second-order valence-electron chi connectivity index (χ2n) is 7.74. The number of rotatable bonds is 5. The molecule has 0 spiro atoms. The van der Waals surface area contributed by atoms with Crippen molar-refractivity contribution in [3.8, 4) is 11.3 Å². The molecule has 0 bridgehead atoms. The Bertz CT molecular complexity index is 1360. The number of carbonyl (C=O) groups is 1. The fourth-order valence-corrected chi connectivity index (χ4v) is 3.85. The molecule has 2 aromatic heterocycles. The summed E-state index contributed by atoms with van der Waals surface area (Å²) in [6.07, 6.45) is 1.54. The molecule has 0 unspecified atom stereocenters. The van der Waals surface area contributed by atoms with Gasteiger partial charge < -0.3 is 14.5 Å². The molecule has 162 valence electrons. The molecule has 1 atom stereocenters. The summed E-state index contributed by atoms with van der Waals surface area (Å²) in [4.78, 5) is 29.5. The van der Waals surface area contributed by atoms with Gasteiger partial charge >= 0.3 is 5.97 Å². The number of anilines is 1. The van der Waals surface area contributed by atoms with Crippen LogP contribution in [0.5, 0.6) is 0 Å². The molecule has 1 N–H and O–H groups in total. The molecule has 6 heteroatoms. The van der Waals surface area contributed by atoms with Gasteiger partial charge in [-0.3, -0.25) is 4.79 Å². The molecule has 0 fully saturated rings. The summed E-state index contributed by atoms with van der Waals surface area (Å²) >= 11 is 0. The molecule has 4 aromatic rings. The van der Waals surface area contributed by atoms with E-state index in [1.54, 1.807) is 19.1 Å². The Labute approximate surface area is 185 Å². The lowest BCUT2D eigenvalue weighted by Crippen LogP contribution is -2.15. The Morgan fingerprint density at radius 3 is 2.56 bits per heavy atom. The number of carbonyl (C=O) groups excluding carboxylic acids is 1. The van der Waals surface area contributed by atoms with E-state index in [4.69, 9.17) is 9.15 Å². The summed E-state index contributed by atoms with van der Waals surface area (Å²) in [5.41, 5.74) is 4.37. The van der Waals surface area contributed by atoms with Crippen molar-refractivity contribution in [2.75, 3.05) is 12.4 Å². The van der Waals surface area contributed by atoms with Crippen LogP contribution in [0.1, 0.15) is 40.1 Å². The number of hydrogen-bond acceptors (Lipinski definition) is 6. The zero-order valence-corrected chi connectivity index (χ0v) is 18.4. The molecular formula is C26H24N2O4. The maximum Gasteiger partial charge on any atom is 0.358 e. The molecule has 0 aliphatic carbocycles. The van der Waals surface area contributed by atoms with Gasteiger partial charge in [-0.25, -0.2) is 9.78 Å². The van der Waals surface area contributed by atoms with E-state index in [1.165, 1.54) is 13.3 Å². The topological polar surface area (TPSA) is 81.4 Å². The molecule has 0 aliphatic heterocycles. The number of pyridine rings is 1. The van der Waals surface area contributed by atoms with E-state index in [9.17, 15) is 9.59 Å². The molecule has 0 aliphatic rings. The van der Waals surface area contributed by atoms with E-state index < -0.39 is 5.97 Å². The van der Waals surface area contributed by atoms with Gasteiger partial charge in [-0.15, -0.1) is 0 Å². The van der Waals surface area contributed by atoms with Crippen LogP contribution in [0.4, 0.5) is 5.69 Å². The largest absolute Gasteiger partial charge is 0.464 e. The molecule has 32 heavy (non-hydrogen) atoms. The number of fused-ring (bicyclic) bond motifs is 1. The maximum absolute atomic E-state index is 13.2. The first kappa shape index (κ1) is 21.3. The Balaban J connectivity index is 1.87. The van der Waals surface area contributed by atoms with Crippen LogP contribution in [0.2, 0.25) is 0 Å². The zero-order valence-electron chi connectivity index (χ0n) is 18.4. The van der Waals surface area contributed by atoms with Crippen LogP contribution in [0.3, 0.4) is 0 Å². The van der Waals surface area contributed by atoms with E-state index in [-0.39, 0.29) is 17.2 Å². The first-order chi connectivity index (χ1) is 15.4. The standard InChI is InChI=1S/C26H24N2O4/c1-15-13-19(17(3)28-21-11-8-12-27-22(21)26(30)31-4)25-20(14-15)23(29)16(2)24(32-25)18-9-6-5-7-10-18/h5-14,17,28H,1-4H3/t17-/m1/s1. The van der Waals surface area contributed by atoms with E-state index in [0.29, 0.717) is 28.0 Å². The van der Waals surface area contributed by atoms with Gasteiger partial charge in [-0.05, 0) is 44.5 Å². The Hall–Kier alpha value is -3.93. The number of aryl methyl sites for hydroxylation is 1. The lowest BCUT2D eigenvalue weighted by atomic mass is 9.98. The van der Waals surface area contributed by atoms with Crippen LogP contribution in [-0.2, 0) is 4.74 Å². The first-order valence-electron chi connectivity index (χ1n) is 10.3. The molecular weight excluding hydrogens is 404 g/mol. The highest BCUT2D eigenvalue weighted by Gasteiger charge is 2.21. The minimum absolute atomic E-state index is 0.0566. The summed E-state index contributed by atoms with van der Waals surface area (Å²) in [6.45, 7) is 5.68. The van der Waals surface area contributed by atoms with Gasteiger partial charge in [0.25, 0.3) is 0 Å². The molecule has 2 aromatic carbocycles. The molecule has 2 heterocycles. The van der Waals surface area contributed by atoms with Gasteiger partial charge in [-0.2, -0.15) is 0 Å². The number of methoxy groups -OCH3 is 1. The van der Waals surface area contributed by atoms with E-state index in [0.717, 1.165) is 16.7 Å². The van der Waals surface area contributed by atoms with Crippen molar-refractivity contribution in [2.24, 2.45) is 0 Å². The average molecular weight is 428 g/mol. The van der Waals surface area contributed by atoms with Crippen molar-refractivity contribution in [1.29, 1.82) is 0 Å².